The summed E-state index contributed by atoms with van der Waals surface area (Å²) in [5.74, 6) is 0.582. The molecule has 19 heavy (non-hydrogen) atoms. The maximum Gasteiger partial charge on any atom is 0.320 e. The largest absolute Gasteiger partial charge is 0.381 e. The van der Waals surface area contributed by atoms with Crippen molar-refractivity contribution in [1.82, 2.24) is 15.1 Å². The molecule has 2 aliphatic rings. The molecule has 0 bridgehead atoms. The Hall–Kier alpha value is -0.810. The predicted molar refractivity (Wildman–Crippen MR) is 75.2 cm³/mol. The van der Waals surface area contributed by atoms with Crippen LogP contribution in [0.5, 0.6) is 0 Å². The van der Waals surface area contributed by atoms with Crippen LogP contribution in [0.1, 0.15) is 26.7 Å². The first-order valence-corrected chi connectivity index (χ1v) is 7.24. The van der Waals surface area contributed by atoms with E-state index >= 15 is 0 Å². The monoisotopic (exact) mass is 269 g/mol. The first-order chi connectivity index (χ1) is 8.97. The van der Waals surface area contributed by atoms with E-state index in [9.17, 15) is 4.79 Å². The van der Waals surface area contributed by atoms with Gasteiger partial charge in [-0.3, -0.25) is 0 Å². The van der Waals surface area contributed by atoms with E-state index in [-0.39, 0.29) is 11.6 Å². The van der Waals surface area contributed by atoms with E-state index in [1.165, 1.54) is 0 Å². The summed E-state index contributed by atoms with van der Waals surface area (Å²) < 4.78 is 5.43. The van der Waals surface area contributed by atoms with Gasteiger partial charge in [0.1, 0.15) is 0 Å². The second-order valence-corrected chi connectivity index (χ2v) is 6.36. The predicted octanol–water partition coefficient (Wildman–Crippen LogP) is 1.15. The second-order valence-electron chi connectivity index (χ2n) is 6.36. The van der Waals surface area contributed by atoms with Gasteiger partial charge in [-0.05, 0) is 39.7 Å². The van der Waals surface area contributed by atoms with Gasteiger partial charge in [0, 0.05) is 33.4 Å². The number of nitrogens with zero attached hydrogens (tertiary/aromatic N) is 2. The molecule has 5 heteroatoms. The Kier molecular flexibility index (Phi) is 4.36. The summed E-state index contributed by atoms with van der Waals surface area (Å²) in [7, 11) is 3.87. The van der Waals surface area contributed by atoms with E-state index < -0.39 is 0 Å². The van der Waals surface area contributed by atoms with Gasteiger partial charge >= 0.3 is 6.03 Å². The third-order valence-corrected chi connectivity index (χ3v) is 4.55. The Morgan fingerprint density at radius 2 is 2.00 bits per heavy atom. The zero-order valence-corrected chi connectivity index (χ0v) is 12.6. The van der Waals surface area contributed by atoms with Crippen molar-refractivity contribution < 1.29 is 9.53 Å². The van der Waals surface area contributed by atoms with Gasteiger partial charge < -0.3 is 19.9 Å². The topological polar surface area (TPSA) is 44.8 Å². The number of carbonyl (C=O) groups is 1. The molecule has 0 radical (unpaired) electrons. The molecule has 2 heterocycles. The summed E-state index contributed by atoms with van der Waals surface area (Å²) in [5, 5.41) is 3.18. The average molecular weight is 269 g/mol. The number of rotatable bonds is 4. The van der Waals surface area contributed by atoms with Crippen molar-refractivity contribution in [3.8, 4) is 0 Å². The highest BCUT2D eigenvalue weighted by Crippen LogP contribution is 2.31. The molecule has 2 rings (SSSR count). The van der Waals surface area contributed by atoms with Crippen LogP contribution in [0.2, 0.25) is 0 Å². The molecule has 0 aliphatic carbocycles. The average Bonchev–Trinajstić information content (AvgIpc) is 2.68. The Bertz CT molecular complexity index is 327. The van der Waals surface area contributed by atoms with Gasteiger partial charge in [-0.15, -0.1) is 0 Å². The fraction of sp³-hybridized carbons (Fsp3) is 0.929. The molecule has 2 aliphatic heterocycles. The summed E-state index contributed by atoms with van der Waals surface area (Å²) in [6, 6.07) is 0.504. The number of amides is 2. The lowest BCUT2D eigenvalue weighted by atomic mass is 9.91. The van der Waals surface area contributed by atoms with E-state index in [1.54, 1.807) is 0 Å². The molecule has 1 atom stereocenters. The summed E-state index contributed by atoms with van der Waals surface area (Å²) in [4.78, 5) is 16.4. The number of likely N-dealkylation sites (N-methyl/N-ethyl adjacent to an activating group) is 2. The van der Waals surface area contributed by atoms with E-state index in [0.717, 1.165) is 39.1 Å². The standard InChI is InChI=1S/C14H27N3O2/c1-14(2,10-15-3)17-9-12(16(4)13(17)18)11-5-7-19-8-6-11/h11-12,15H,5-10H2,1-4H3. The van der Waals surface area contributed by atoms with Gasteiger partial charge in [0.25, 0.3) is 0 Å². The SMILES string of the molecule is CNCC(C)(C)N1CC(C2CCOCC2)N(C)C1=O. The third-order valence-electron chi connectivity index (χ3n) is 4.55. The van der Waals surface area contributed by atoms with Crippen LogP contribution in [0.25, 0.3) is 0 Å². The molecule has 0 aromatic carbocycles. The van der Waals surface area contributed by atoms with Crippen LogP contribution in [0.4, 0.5) is 4.79 Å². The van der Waals surface area contributed by atoms with Gasteiger partial charge in [-0.1, -0.05) is 0 Å². The Morgan fingerprint density at radius 3 is 2.58 bits per heavy atom. The molecule has 0 aromatic rings. The van der Waals surface area contributed by atoms with Gasteiger partial charge in [0.05, 0.1) is 11.6 Å². The highest BCUT2D eigenvalue weighted by Gasteiger charge is 2.44. The van der Waals surface area contributed by atoms with Crippen molar-refractivity contribution in [3.05, 3.63) is 0 Å². The number of nitrogens with one attached hydrogen (secondary N) is 1. The normalized spacial score (nSPS) is 26.3. The number of hydrogen-bond donors (Lipinski definition) is 1. The van der Waals surface area contributed by atoms with E-state index in [1.807, 2.05) is 23.9 Å². The Balaban J connectivity index is 2.07. The molecule has 110 valence electrons. The fourth-order valence-corrected chi connectivity index (χ4v) is 3.32. The minimum absolute atomic E-state index is 0.139. The smallest absolute Gasteiger partial charge is 0.320 e. The number of hydrogen-bond acceptors (Lipinski definition) is 3. The molecule has 0 spiro atoms. The van der Waals surface area contributed by atoms with Crippen LogP contribution in [0.15, 0.2) is 0 Å². The molecule has 1 N–H and O–H groups in total. The van der Waals surface area contributed by atoms with E-state index in [4.69, 9.17) is 4.74 Å². The first kappa shape index (κ1) is 14.6. The van der Waals surface area contributed by atoms with Crippen molar-refractivity contribution in [3.63, 3.8) is 0 Å². The van der Waals surface area contributed by atoms with E-state index in [2.05, 4.69) is 19.2 Å². The molecule has 1 unspecified atom stereocenters. The molecular weight excluding hydrogens is 242 g/mol. The minimum atomic E-state index is -0.139. The fourth-order valence-electron chi connectivity index (χ4n) is 3.32. The van der Waals surface area contributed by atoms with E-state index in [0.29, 0.717) is 12.0 Å². The zero-order valence-electron chi connectivity index (χ0n) is 12.6. The van der Waals surface area contributed by atoms with Crippen LogP contribution in [0.3, 0.4) is 0 Å². The number of urea groups is 1. The van der Waals surface area contributed by atoms with Crippen LogP contribution >= 0.6 is 0 Å². The molecule has 5 nitrogen and oxygen atoms in total. The molecule has 0 aromatic heterocycles. The lowest BCUT2D eigenvalue weighted by Crippen LogP contribution is -2.51. The lowest BCUT2D eigenvalue weighted by Gasteiger charge is -2.35. The summed E-state index contributed by atoms with van der Waals surface area (Å²) in [6.07, 6.45) is 2.14. The molecule has 2 fully saturated rings. The van der Waals surface area contributed by atoms with Crippen molar-refractivity contribution in [1.29, 1.82) is 0 Å². The van der Waals surface area contributed by atoms with Crippen LogP contribution in [-0.4, -0.2) is 67.8 Å². The highest BCUT2D eigenvalue weighted by atomic mass is 16.5. The maximum atomic E-state index is 12.5. The van der Waals surface area contributed by atoms with Crippen LogP contribution < -0.4 is 5.32 Å². The minimum Gasteiger partial charge on any atom is -0.381 e. The molecule has 2 saturated heterocycles. The number of carbonyl (C=O) groups excluding carboxylic acids is 1. The molecular formula is C14H27N3O2. The Morgan fingerprint density at radius 1 is 1.37 bits per heavy atom. The first-order valence-electron chi connectivity index (χ1n) is 7.24. The summed E-state index contributed by atoms with van der Waals surface area (Å²) >= 11 is 0. The van der Waals surface area contributed by atoms with Crippen molar-refractivity contribution in [2.45, 2.75) is 38.3 Å². The highest BCUT2D eigenvalue weighted by molar-refractivity contribution is 5.77. The lowest BCUT2D eigenvalue weighted by molar-refractivity contribution is 0.0444. The summed E-state index contributed by atoms with van der Waals surface area (Å²) in [5.41, 5.74) is -0.139. The van der Waals surface area contributed by atoms with Crippen LogP contribution in [-0.2, 0) is 4.74 Å². The molecule has 0 saturated carbocycles. The second kappa shape index (κ2) is 5.67. The Labute approximate surface area is 116 Å². The third kappa shape index (κ3) is 2.87. The quantitative estimate of drug-likeness (QED) is 0.832. The zero-order chi connectivity index (χ0) is 14.0. The van der Waals surface area contributed by atoms with Gasteiger partial charge in [0.2, 0.25) is 0 Å². The van der Waals surface area contributed by atoms with Gasteiger partial charge in [0.15, 0.2) is 0 Å². The van der Waals surface area contributed by atoms with Crippen molar-refractivity contribution in [2.24, 2.45) is 5.92 Å². The van der Waals surface area contributed by atoms with Crippen LogP contribution in [0, 0.1) is 5.92 Å². The van der Waals surface area contributed by atoms with Gasteiger partial charge in [-0.2, -0.15) is 0 Å². The number of ether oxygens (including phenoxy) is 1. The van der Waals surface area contributed by atoms with Crippen molar-refractivity contribution >= 4 is 6.03 Å². The van der Waals surface area contributed by atoms with Gasteiger partial charge in [-0.25, -0.2) is 4.79 Å². The summed E-state index contributed by atoms with van der Waals surface area (Å²) in [6.45, 7) is 7.58. The maximum absolute atomic E-state index is 12.5. The molecule has 2 amide bonds. The van der Waals surface area contributed by atoms with Crippen molar-refractivity contribution in [2.75, 3.05) is 40.4 Å².